The second-order valence-corrected chi connectivity index (χ2v) is 5.98. The summed E-state index contributed by atoms with van der Waals surface area (Å²) in [5.41, 5.74) is 3.10. The van der Waals surface area contributed by atoms with Crippen molar-refractivity contribution in [2.75, 3.05) is 0 Å². The van der Waals surface area contributed by atoms with Gasteiger partial charge in [0.2, 0.25) is 0 Å². The lowest BCUT2D eigenvalue weighted by molar-refractivity contribution is 1.02. The largest absolute Gasteiger partial charge is 0.0613 e. The van der Waals surface area contributed by atoms with Gasteiger partial charge in [0.15, 0.2) is 0 Å². The van der Waals surface area contributed by atoms with Gasteiger partial charge in [-0.3, -0.25) is 0 Å². The Kier molecular flexibility index (Phi) is 2.24. The van der Waals surface area contributed by atoms with Crippen LogP contribution in [0, 0.1) is 7.14 Å². The molecule has 3 rings (SSSR count). The Labute approximate surface area is 110 Å². The average Bonchev–Trinajstić information content (AvgIpc) is 2.59. The predicted molar refractivity (Wildman–Crippen MR) is 76.8 cm³/mol. The number of hydrogen-bond acceptors (Lipinski definition) is 0. The molecule has 2 aromatic rings. The zero-order chi connectivity index (χ0) is 9.71. The van der Waals surface area contributed by atoms with Gasteiger partial charge in [-0.15, -0.1) is 0 Å². The van der Waals surface area contributed by atoms with Crippen LogP contribution < -0.4 is 0 Å². The molecule has 70 valence electrons. The summed E-state index contributed by atoms with van der Waals surface area (Å²) in [7, 11) is 0. The molecule has 0 radical (unpaired) electrons. The highest BCUT2D eigenvalue weighted by Gasteiger charge is 2.17. The number of benzene rings is 2. The van der Waals surface area contributed by atoms with Crippen LogP contribution >= 0.6 is 45.2 Å². The van der Waals surface area contributed by atoms with Gasteiger partial charge < -0.3 is 0 Å². The Morgan fingerprint density at radius 2 is 1.86 bits per heavy atom. The van der Waals surface area contributed by atoms with Crippen LogP contribution in [0.5, 0.6) is 0 Å². The van der Waals surface area contributed by atoms with Crippen molar-refractivity contribution in [1.82, 2.24) is 0 Å². The first-order valence-electron chi connectivity index (χ1n) is 4.66. The first-order valence-corrected chi connectivity index (χ1v) is 6.81. The van der Waals surface area contributed by atoms with Crippen LogP contribution in [0.2, 0.25) is 0 Å². The lowest BCUT2D eigenvalue weighted by Gasteiger charge is -2.06. The zero-order valence-electron chi connectivity index (χ0n) is 7.48. The molecule has 14 heavy (non-hydrogen) atoms. The summed E-state index contributed by atoms with van der Waals surface area (Å²) in [5, 5.41) is 2.97. The van der Waals surface area contributed by atoms with E-state index in [0.29, 0.717) is 0 Å². The maximum Gasteiger partial charge on any atom is 0.0219 e. The highest BCUT2D eigenvalue weighted by Crippen LogP contribution is 2.36. The minimum atomic E-state index is 1.22. The van der Waals surface area contributed by atoms with E-state index in [4.69, 9.17) is 0 Å². The summed E-state index contributed by atoms with van der Waals surface area (Å²) in [6, 6.07) is 8.99. The molecule has 0 aromatic heterocycles. The fourth-order valence-corrected chi connectivity index (χ4v) is 4.47. The summed E-state index contributed by atoms with van der Waals surface area (Å²) in [6.45, 7) is 0. The van der Waals surface area contributed by atoms with Crippen molar-refractivity contribution in [2.24, 2.45) is 0 Å². The SMILES string of the molecule is Ic1cc(I)c2cccc3c2c1CC3. The molecule has 0 bridgehead atoms. The molecule has 1 aliphatic rings. The second kappa shape index (κ2) is 3.33. The standard InChI is InChI=1S/C12H8I2/c13-10-6-11(14)9-5-4-7-2-1-3-8(10)12(7)9/h1-3,6H,4-5H2. The minimum absolute atomic E-state index is 1.22. The lowest BCUT2D eigenvalue weighted by atomic mass is 10.1. The molecular weight excluding hydrogens is 398 g/mol. The summed E-state index contributed by atoms with van der Waals surface area (Å²) in [4.78, 5) is 0. The summed E-state index contributed by atoms with van der Waals surface area (Å²) in [5.74, 6) is 0. The molecule has 0 N–H and O–H groups in total. The maximum atomic E-state index is 2.46. The van der Waals surface area contributed by atoms with Gasteiger partial charge in [-0.2, -0.15) is 0 Å². The third-order valence-corrected chi connectivity index (χ3v) is 4.75. The fourth-order valence-electron chi connectivity index (χ4n) is 2.26. The monoisotopic (exact) mass is 406 g/mol. The van der Waals surface area contributed by atoms with Crippen LogP contribution in [-0.4, -0.2) is 0 Å². The molecule has 0 aliphatic heterocycles. The topological polar surface area (TPSA) is 0 Å². The molecule has 1 aliphatic carbocycles. The van der Waals surface area contributed by atoms with Crippen molar-refractivity contribution >= 4 is 56.0 Å². The first-order chi connectivity index (χ1) is 6.77. The van der Waals surface area contributed by atoms with Gasteiger partial charge in [0, 0.05) is 7.14 Å². The van der Waals surface area contributed by atoms with E-state index < -0.39 is 0 Å². The third kappa shape index (κ3) is 1.23. The Bertz CT molecular complexity index is 529. The summed E-state index contributed by atoms with van der Waals surface area (Å²) in [6.07, 6.45) is 2.45. The van der Waals surface area contributed by atoms with E-state index in [0.717, 1.165) is 0 Å². The molecule has 0 unspecified atom stereocenters. The minimum Gasteiger partial charge on any atom is -0.0613 e. The lowest BCUT2D eigenvalue weighted by Crippen LogP contribution is -1.87. The average molecular weight is 406 g/mol. The van der Waals surface area contributed by atoms with E-state index in [-0.39, 0.29) is 0 Å². The van der Waals surface area contributed by atoms with E-state index in [1.54, 1.807) is 5.56 Å². The summed E-state index contributed by atoms with van der Waals surface area (Å²) >= 11 is 4.90. The third-order valence-electron chi connectivity index (χ3n) is 2.90. The van der Waals surface area contributed by atoms with Gasteiger partial charge >= 0.3 is 0 Å². The van der Waals surface area contributed by atoms with Gasteiger partial charge in [-0.25, -0.2) is 0 Å². The van der Waals surface area contributed by atoms with Gasteiger partial charge in [0.05, 0.1) is 0 Å². The number of rotatable bonds is 0. The normalized spacial score (nSPS) is 13.9. The highest BCUT2D eigenvalue weighted by molar-refractivity contribution is 14.1. The molecule has 0 nitrogen and oxygen atoms in total. The number of halogens is 2. The molecule has 2 heteroatoms. The Hall–Kier alpha value is 0.160. The second-order valence-electron chi connectivity index (χ2n) is 3.66. The van der Waals surface area contributed by atoms with Crippen molar-refractivity contribution < 1.29 is 0 Å². The molecule has 0 amide bonds. The van der Waals surface area contributed by atoms with Gasteiger partial charge in [0.25, 0.3) is 0 Å². The molecule has 0 saturated heterocycles. The Morgan fingerprint density at radius 1 is 1.00 bits per heavy atom. The van der Waals surface area contributed by atoms with E-state index >= 15 is 0 Å². The van der Waals surface area contributed by atoms with Gasteiger partial charge in [-0.1, -0.05) is 18.2 Å². The van der Waals surface area contributed by atoms with Gasteiger partial charge in [-0.05, 0) is 86.0 Å². The highest BCUT2D eigenvalue weighted by atomic mass is 127. The Balaban J connectivity index is 2.58. The van der Waals surface area contributed by atoms with Crippen LogP contribution in [0.3, 0.4) is 0 Å². The Morgan fingerprint density at radius 3 is 2.71 bits per heavy atom. The van der Waals surface area contributed by atoms with E-state index in [1.165, 1.54) is 36.3 Å². The van der Waals surface area contributed by atoms with Crippen molar-refractivity contribution in [1.29, 1.82) is 0 Å². The molecule has 0 fully saturated rings. The molecular formula is C12H8I2. The van der Waals surface area contributed by atoms with Crippen LogP contribution in [0.4, 0.5) is 0 Å². The predicted octanol–water partition coefficient (Wildman–Crippen LogP) is 4.15. The number of aryl methyl sites for hydroxylation is 2. The fraction of sp³-hybridized carbons (Fsp3) is 0.167. The molecule has 0 heterocycles. The van der Waals surface area contributed by atoms with E-state index in [2.05, 4.69) is 69.4 Å². The molecule has 0 saturated carbocycles. The van der Waals surface area contributed by atoms with E-state index in [1.807, 2.05) is 0 Å². The first kappa shape index (κ1) is 9.39. The van der Waals surface area contributed by atoms with Crippen molar-refractivity contribution in [3.63, 3.8) is 0 Å². The molecule has 0 atom stereocenters. The molecule has 0 spiro atoms. The number of hydrogen-bond donors (Lipinski definition) is 0. The zero-order valence-corrected chi connectivity index (χ0v) is 11.8. The van der Waals surface area contributed by atoms with Crippen molar-refractivity contribution in [3.8, 4) is 0 Å². The van der Waals surface area contributed by atoms with Gasteiger partial charge in [0.1, 0.15) is 0 Å². The smallest absolute Gasteiger partial charge is 0.0219 e. The van der Waals surface area contributed by atoms with Crippen molar-refractivity contribution in [2.45, 2.75) is 12.8 Å². The van der Waals surface area contributed by atoms with Crippen LogP contribution in [0.15, 0.2) is 24.3 Å². The van der Waals surface area contributed by atoms with Crippen LogP contribution in [0.1, 0.15) is 11.1 Å². The summed E-state index contributed by atoms with van der Waals surface area (Å²) < 4.78 is 2.82. The molecule has 2 aromatic carbocycles. The van der Waals surface area contributed by atoms with Crippen molar-refractivity contribution in [3.05, 3.63) is 42.5 Å². The quantitative estimate of drug-likeness (QED) is 0.577. The van der Waals surface area contributed by atoms with Crippen LogP contribution in [0.25, 0.3) is 10.8 Å². The van der Waals surface area contributed by atoms with Crippen LogP contribution in [-0.2, 0) is 12.8 Å². The maximum absolute atomic E-state index is 2.46. The van der Waals surface area contributed by atoms with E-state index in [9.17, 15) is 0 Å².